The van der Waals surface area contributed by atoms with Crippen molar-refractivity contribution in [2.75, 3.05) is 26.3 Å². The number of nitrogens with zero attached hydrogens (tertiary/aromatic N) is 5. The molecule has 3 aromatic rings. The molecule has 0 saturated carbocycles. The average molecular weight is 442 g/mol. The van der Waals surface area contributed by atoms with Gasteiger partial charge in [0.05, 0.1) is 24.6 Å². The van der Waals surface area contributed by atoms with E-state index in [1.54, 1.807) is 12.1 Å². The van der Waals surface area contributed by atoms with Crippen molar-refractivity contribution >= 4 is 0 Å². The van der Waals surface area contributed by atoms with Crippen LogP contribution in [0.15, 0.2) is 30.3 Å². The minimum Gasteiger partial charge on any atom is -0.493 e. The van der Waals surface area contributed by atoms with E-state index in [9.17, 15) is 4.39 Å². The van der Waals surface area contributed by atoms with Gasteiger partial charge < -0.3 is 9.47 Å². The zero-order chi connectivity index (χ0) is 22.7. The first-order valence-corrected chi connectivity index (χ1v) is 11.2. The smallest absolute Gasteiger partial charge is 0.126 e. The third kappa shape index (κ3) is 5.02. The van der Waals surface area contributed by atoms with Crippen LogP contribution in [0.3, 0.4) is 0 Å². The van der Waals surface area contributed by atoms with Gasteiger partial charge in [-0.3, -0.25) is 14.3 Å². The lowest BCUT2D eigenvalue weighted by Gasteiger charge is -2.32. The monoisotopic (exact) mass is 441 g/mol. The maximum absolute atomic E-state index is 13.3. The van der Waals surface area contributed by atoms with Crippen molar-refractivity contribution < 1.29 is 13.9 Å². The van der Waals surface area contributed by atoms with Gasteiger partial charge in [0.1, 0.15) is 17.7 Å². The molecule has 8 heteroatoms. The van der Waals surface area contributed by atoms with E-state index in [4.69, 9.17) is 14.6 Å². The lowest BCUT2D eigenvalue weighted by molar-refractivity contribution is -0.0353. The Hall–Kier alpha value is -2.71. The SMILES string of the molecule is CCn1nc(C)c(CN2CCO[C@@H](c3cc(CCOc4cccc(F)c4)n(C)n3)C2)c1C. The van der Waals surface area contributed by atoms with Crippen molar-refractivity contribution in [2.24, 2.45) is 7.05 Å². The van der Waals surface area contributed by atoms with Crippen molar-refractivity contribution in [3.05, 3.63) is 64.5 Å². The standard InChI is InChI=1S/C24H32FN5O2/c1-5-30-18(3)22(17(2)26-30)15-29-10-12-32-24(16-29)23-14-20(28(4)27-23)9-11-31-21-8-6-7-19(25)13-21/h6-8,13-14,24H,5,9-12,15-16H2,1-4H3/t24-/m1/s1. The van der Waals surface area contributed by atoms with E-state index >= 15 is 0 Å². The number of rotatable bonds is 8. The maximum Gasteiger partial charge on any atom is 0.126 e. The van der Waals surface area contributed by atoms with E-state index in [0.29, 0.717) is 25.4 Å². The Morgan fingerprint density at radius 2 is 2.06 bits per heavy atom. The fourth-order valence-electron chi connectivity index (χ4n) is 4.27. The van der Waals surface area contributed by atoms with Crippen molar-refractivity contribution in [2.45, 2.75) is 46.4 Å². The van der Waals surface area contributed by atoms with Crippen LogP contribution in [0, 0.1) is 19.7 Å². The second-order valence-corrected chi connectivity index (χ2v) is 8.30. The number of halogens is 1. The summed E-state index contributed by atoms with van der Waals surface area (Å²) in [7, 11) is 1.94. The van der Waals surface area contributed by atoms with Gasteiger partial charge >= 0.3 is 0 Å². The summed E-state index contributed by atoms with van der Waals surface area (Å²) in [5.74, 6) is 0.243. The molecular formula is C24H32FN5O2. The lowest BCUT2D eigenvalue weighted by atomic mass is 10.1. The summed E-state index contributed by atoms with van der Waals surface area (Å²) in [6.45, 7) is 10.9. The fraction of sp³-hybridized carbons (Fsp3) is 0.500. The molecule has 0 unspecified atom stereocenters. The van der Waals surface area contributed by atoms with E-state index in [-0.39, 0.29) is 11.9 Å². The molecule has 0 N–H and O–H groups in total. The molecule has 0 spiro atoms. The van der Waals surface area contributed by atoms with Crippen molar-refractivity contribution in [1.82, 2.24) is 24.5 Å². The van der Waals surface area contributed by atoms with E-state index < -0.39 is 0 Å². The number of ether oxygens (including phenoxy) is 2. The van der Waals surface area contributed by atoms with Crippen LogP contribution in [0.1, 0.15) is 41.4 Å². The highest BCUT2D eigenvalue weighted by Crippen LogP contribution is 2.25. The third-order valence-electron chi connectivity index (χ3n) is 6.11. The number of morpholine rings is 1. The zero-order valence-electron chi connectivity index (χ0n) is 19.3. The molecule has 0 amide bonds. The molecule has 32 heavy (non-hydrogen) atoms. The number of hydrogen-bond acceptors (Lipinski definition) is 5. The third-order valence-corrected chi connectivity index (χ3v) is 6.11. The summed E-state index contributed by atoms with van der Waals surface area (Å²) in [6.07, 6.45) is 0.625. The van der Waals surface area contributed by atoms with Crippen LogP contribution < -0.4 is 4.74 Å². The molecule has 1 aromatic carbocycles. The Balaban J connectivity index is 1.37. The van der Waals surface area contributed by atoms with Crippen molar-refractivity contribution in [3.63, 3.8) is 0 Å². The molecule has 172 valence electrons. The molecule has 1 aliphatic heterocycles. The van der Waals surface area contributed by atoms with Crippen LogP contribution in [-0.4, -0.2) is 50.8 Å². The largest absolute Gasteiger partial charge is 0.493 e. The highest BCUT2D eigenvalue weighted by molar-refractivity contribution is 5.25. The van der Waals surface area contributed by atoms with Crippen LogP contribution in [-0.2, 0) is 31.3 Å². The van der Waals surface area contributed by atoms with Crippen LogP contribution in [0.2, 0.25) is 0 Å². The molecule has 1 saturated heterocycles. The Morgan fingerprint density at radius 3 is 2.81 bits per heavy atom. The topological polar surface area (TPSA) is 57.3 Å². The summed E-state index contributed by atoms with van der Waals surface area (Å²) in [6, 6.07) is 8.30. The highest BCUT2D eigenvalue weighted by Gasteiger charge is 2.26. The summed E-state index contributed by atoms with van der Waals surface area (Å²) in [4.78, 5) is 2.42. The first-order valence-electron chi connectivity index (χ1n) is 11.2. The van der Waals surface area contributed by atoms with Crippen LogP contribution in [0.5, 0.6) is 5.75 Å². The van der Waals surface area contributed by atoms with Crippen molar-refractivity contribution in [3.8, 4) is 5.75 Å². The van der Waals surface area contributed by atoms with Gasteiger partial charge in [0.15, 0.2) is 0 Å². The van der Waals surface area contributed by atoms with E-state index in [0.717, 1.165) is 43.3 Å². The quantitative estimate of drug-likeness (QED) is 0.535. The average Bonchev–Trinajstić information content (AvgIpc) is 3.28. The Kier molecular flexibility index (Phi) is 6.91. The molecule has 0 aliphatic carbocycles. The van der Waals surface area contributed by atoms with Gasteiger partial charge in [-0.1, -0.05) is 6.07 Å². The van der Waals surface area contributed by atoms with Crippen LogP contribution in [0.25, 0.3) is 0 Å². The summed E-state index contributed by atoms with van der Waals surface area (Å²) < 4.78 is 29.0. The first kappa shape index (κ1) is 22.5. The second-order valence-electron chi connectivity index (χ2n) is 8.30. The first-order chi connectivity index (χ1) is 15.4. The molecule has 1 aliphatic rings. The molecule has 2 aromatic heterocycles. The van der Waals surface area contributed by atoms with Gasteiger partial charge in [0, 0.05) is 62.7 Å². The van der Waals surface area contributed by atoms with Gasteiger partial charge in [-0.05, 0) is 39.0 Å². The number of benzene rings is 1. The normalized spacial score (nSPS) is 17.1. The van der Waals surface area contributed by atoms with Crippen LogP contribution >= 0.6 is 0 Å². The lowest BCUT2D eigenvalue weighted by Crippen LogP contribution is -2.38. The minimum absolute atomic E-state index is 0.0605. The van der Waals surface area contributed by atoms with Crippen LogP contribution in [0.4, 0.5) is 4.39 Å². The molecule has 4 rings (SSSR count). The predicted octanol–water partition coefficient (Wildman–Crippen LogP) is 3.59. The Labute approximate surface area is 188 Å². The molecule has 3 heterocycles. The van der Waals surface area contributed by atoms with Crippen molar-refractivity contribution in [1.29, 1.82) is 0 Å². The van der Waals surface area contributed by atoms with Gasteiger partial charge in [-0.25, -0.2) is 4.39 Å². The Bertz CT molecular complexity index is 1060. The molecule has 1 atom stereocenters. The van der Waals surface area contributed by atoms with E-state index in [2.05, 4.69) is 41.5 Å². The Morgan fingerprint density at radius 1 is 1.22 bits per heavy atom. The zero-order valence-corrected chi connectivity index (χ0v) is 19.3. The van der Waals surface area contributed by atoms with Gasteiger partial charge in [-0.2, -0.15) is 10.2 Å². The molecule has 0 bridgehead atoms. The van der Waals surface area contributed by atoms with Gasteiger partial charge in [0.2, 0.25) is 0 Å². The summed E-state index contributed by atoms with van der Waals surface area (Å²) in [5, 5.41) is 9.35. The van der Waals surface area contributed by atoms with Gasteiger partial charge in [-0.15, -0.1) is 0 Å². The highest BCUT2D eigenvalue weighted by atomic mass is 19.1. The predicted molar refractivity (Wildman–Crippen MR) is 120 cm³/mol. The molecular weight excluding hydrogens is 409 g/mol. The summed E-state index contributed by atoms with van der Waals surface area (Å²) in [5.41, 5.74) is 5.66. The minimum atomic E-state index is -0.295. The molecule has 1 fully saturated rings. The summed E-state index contributed by atoms with van der Waals surface area (Å²) >= 11 is 0. The fourth-order valence-corrected chi connectivity index (χ4v) is 4.27. The van der Waals surface area contributed by atoms with E-state index in [1.165, 1.54) is 23.4 Å². The number of aryl methyl sites for hydroxylation is 3. The van der Waals surface area contributed by atoms with E-state index in [1.807, 2.05) is 11.7 Å². The molecule has 7 nitrogen and oxygen atoms in total. The number of aromatic nitrogens is 4. The second kappa shape index (κ2) is 9.83. The molecule has 0 radical (unpaired) electrons. The maximum atomic E-state index is 13.3. The van der Waals surface area contributed by atoms with Gasteiger partial charge in [0.25, 0.3) is 0 Å². The number of hydrogen-bond donors (Lipinski definition) is 0.